The first kappa shape index (κ1) is 23.0. The SMILES string of the molecule is C[C@]12CCC(O[C@@H]3O[C@H](C(=O)O)[C@@H](O)[C@H](O)[C@H]3O)=CC1=CCC1C2CC[C@]2(C)C(=O)CCC12. The van der Waals surface area contributed by atoms with Gasteiger partial charge in [0.15, 0.2) is 6.10 Å². The largest absolute Gasteiger partial charge is 0.479 e. The fourth-order valence-electron chi connectivity index (χ4n) is 7.46. The monoisotopic (exact) mass is 462 g/mol. The number of ketones is 1. The summed E-state index contributed by atoms with van der Waals surface area (Å²) in [5.74, 6) is 1.05. The van der Waals surface area contributed by atoms with E-state index in [2.05, 4.69) is 19.9 Å². The van der Waals surface area contributed by atoms with Crippen LogP contribution in [0, 0.1) is 28.6 Å². The van der Waals surface area contributed by atoms with E-state index in [-0.39, 0.29) is 10.8 Å². The Balaban J connectivity index is 1.36. The molecule has 1 aliphatic heterocycles. The predicted octanol–water partition coefficient (Wildman–Crippen LogP) is 1.92. The number of carboxylic acid groups (broad SMARTS) is 1. The van der Waals surface area contributed by atoms with Gasteiger partial charge in [-0.3, -0.25) is 4.79 Å². The maximum absolute atomic E-state index is 12.6. The number of aliphatic carboxylic acids is 1. The summed E-state index contributed by atoms with van der Waals surface area (Å²) in [5.41, 5.74) is 0.995. The van der Waals surface area contributed by atoms with Crippen molar-refractivity contribution in [3.05, 3.63) is 23.5 Å². The Morgan fingerprint density at radius 2 is 1.76 bits per heavy atom. The fourth-order valence-corrected chi connectivity index (χ4v) is 7.46. The summed E-state index contributed by atoms with van der Waals surface area (Å²) in [5, 5.41) is 39.5. The van der Waals surface area contributed by atoms with Crippen LogP contribution in [-0.4, -0.2) is 62.9 Å². The molecular formula is C25H34O8. The van der Waals surface area contributed by atoms with Gasteiger partial charge in [0.05, 0.1) is 5.76 Å². The highest BCUT2D eigenvalue weighted by Gasteiger charge is 2.58. The lowest BCUT2D eigenvalue weighted by atomic mass is 9.49. The van der Waals surface area contributed by atoms with Crippen LogP contribution in [0.4, 0.5) is 0 Å². The number of aliphatic hydroxyl groups excluding tert-OH is 3. The van der Waals surface area contributed by atoms with Gasteiger partial charge < -0.3 is 29.9 Å². The van der Waals surface area contributed by atoms with E-state index in [0.29, 0.717) is 42.1 Å². The number of carbonyl (C=O) groups excluding carboxylic acids is 1. The zero-order valence-corrected chi connectivity index (χ0v) is 19.1. The molecule has 8 nitrogen and oxygen atoms in total. The summed E-state index contributed by atoms with van der Waals surface area (Å²) in [6.07, 6.45) is 2.26. The summed E-state index contributed by atoms with van der Waals surface area (Å²) < 4.78 is 11.1. The molecule has 4 N–H and O–H groups in total. The summed E-state index contributed by atoms with van der Waals surface area (Å²) in [7, 11) is 0. The van der Waals surface area contributed by atoms with Crippen molar-refractivity contribution < 1.29 is 39.5 Å². The molecule has 1 saturated heterocycles. The van der Waals surface area contributed by atoms with E-state index in [1.807, 2.05) is 6.08 Å². The van der Waals surface area contributed by atoms with Crippen molar-refractivity contribution in [2.45, 2.75) is 89.5 Å². The number of carboxylic acids is 1. The first-order valence-electron chi connectivity index (χ1n) is 12.1. The van der Waals surface area contributed by atoms with Crippen LogP contribution in [0.25, 0.3) is 0 Å². The topological polar surface area (TPSA) is 134 Å². The number of hydrogen-bond donors (Lipinski definition) is 4. The van der Waals surface area contributed by atoms with E-state index in [1.54, 1.807) is 0 Å². The van der Waals surface area contributed by atoms with Gasteiger partial charge in [-0.15, -0.1) is 0 Å². The number of rotatable bonds is 3. The molecule has 1 heterocycles. The van der Waals surface area contributed by atoms with Crippen LogP contribution in [0.5, 0.6) is 0 Å². The Morgan fingerprint density at radius 3 is 2.48 bits per heavy atom. The van der Waals surface area contributed by atoms with E-state index >= 15 is 0 Å². The lowest BCUT2D eigenvalue weighted by Gasteiger charge is -2.55. The minimum absolute atomic E-state index is 0.0198. The molecule has 0 aromatic carbocycles. The summed E-state index contributed by atoms with van der Waals surface area (Å²) in [4.78, 5) is 24.0. The van der Waals surface area contributed by atoms with Crippen molar-refractivity contribution in [1.29, 1.82) is 0 Å². The van der Waals surface area contributed by atoms with Gasteiger partial charge in [-0.2, -0.15) is 0 Å². The Hall–Kier alpha value is -1.74. The molecule has 3 fully saturated rings. The van der Waals surface area contributed by atoms with Crippen LogP contribution in [0.3, 0.4) is 0 Å². The predicted molar refractivity (Wildman–Crippen MR) is 116 cm³/mol. The average molecular weight is 463 g/mol. The summed E-state index contributed by atoms with van der Waals surface area (Å²) in [6.45, 7) is 4.47. The number of carbonyl (C=O) groups is 2. The molecule has 4 aliphatic carbocycles. The third-order valence-electron chi connectivity index (χ3n) is 9.52. The smallest absolute Gasteiger partial charge is 0.335 e. The van der Waals surface area contributed by atoms with Gasteiger partial charge in [-0.25, -0.2) is 4.79 Å². The molecule has 3 unspecified atom stereocenters. The van der Waals surface area contributed by atoms with Gasteiger partial charge >= 0.3 is 5.97 Å². The molecule has 10 atom stereocenters. The maximum atomic E-state index is 12.6. The van der Waals surface area contributed by atoms with Crippen LogP contribution in [0.15, 0.2) is 23.5 Å². The molecule has 0 spiro atoms. The first-order chi connectivity index (χ1) is 15.6. The van der Waals surface area contributed by atoms with Crippen molar-refractivity contribution >= 4 is 11.8 Å². The summed E-state index contributed by atoms with van der Waals surface area (Å²) in [6, 6.07) is 0. The third kappa shape index (κ3) is 3.40. The highest BCUT2D eigenvalue weighted by Crippen LogP contribution is 2.63. The fraction of sp³-hybridized carbons (Fsp3) is 0.760. The summed E-state index contributed by atoms with van der Waals surface area (Å²) >= 11 is 0. The Labute approximate surface area is 193 Å². The quantitative estimate of drug-likeness (QED) is 0.500. The zero-order valence-electron chi connectivity index (χ0n) is 19.1. The average Bonchev–Trinajstić information content (AvgIpc) is 3.08. The number of fused-ring (bicyclic) bond motifs is 5. The van der Waals surface area contributed by atoms with Crippen LogP contribution < -0.4 is 0 Å². The molecule has 0 amide bonds. The van der Waals surface area contributed by atoms with Gasteiger partial charge in [0, 0.05) is 18.3 Å². The second kappa shape index (κ2) is 7.90. The van der Waals surface area contributed by atoms with Crippen LogP contribution in [-0.2, 0) is 19.1 Å². The van der Waals surface area contributed by atoms with Crippen LogP contribution >= 0.6 is 0 Å². The van der Waals surface area contributed by atoms with E-state index in [4.69, 9.17) is 9.47 Å². The van der Waals surface area contributed by atoms with Crippen molar-refractivity contribution in [3.63, 3.8) is 0 Å². The first-order valence-corrected chi connectivity index (χ1v) is 12.1. The zero-order chi connectivity index (χ0) is 23.7. The molecule has 182 valence electrons. The molecule has 2 saturated carbocycles. The number of allylic oxidation sites excluding steroid dienone is 4. The Morgan fingerprint density at radius 1 is 1.03 bits per heavy atom. The second-order valence-electron chi connectivity index (χ2n) is 11.1. The van der Waals surface area contributed by atoms with Gasteiger partial charge in [-0.1, -0.05) is 19.9 Å². The van der Waals surface area contributed by atoms with E-state index < -0.39 is 36.7 Å². The Kier molecular flexibility index (Phi) is 5.51. The highest BCUT2D eigenvalue weighted by molar-refractivity contribution is 5.87. The van der Waals surface area contributed by atoms with Gasteiger partial charge in [-0.05, 0) is 66.9 Å². The van der Waals surface area contributed by atoms with Crippen molar-refractivity contribution in [3.8, 4) is 0 Å². The van der Waals surface area contributed by atoms with E-state index in [0.717, 1.165) is 32.1 Å². The molecule has 0 aromatic heterocycles. The second-order valence-corrected chi connectivity index (χ2v) is 11.1. The number of ether oxygens (including phenoxy) is 2. The van der Waals surface area contributed by atoms with Gasteiger partial charge in [0.1, 0.15) is 24.1 Å². The standard InChI is InChI=1S/C25H34O8/c1-24-9-7-13(32-23-20(29)18(27)19(28)21(33-23)22(30)31)11-12(24)3-4-14-15-5-6-17(26)25(15,2)10-8-16(14)24/h3,11,14-16,18-21,23,27-29H,4-10H2,1-2H3,(H,30,31)/t14?,15?,16?,18-,19-,20+,21-,23+,24-,25-/m0/s1. The normalized spacial score (nSPS) is 49.3. The lowest BCUT2D eigenvalue weighted by Crippen LogP contribution is -2.60. The van der Waals surface area contributed by atoms with E-state index in [1.165, 1.54) is 5.57 Å². The molecule has 0 aromatic rings. The van der Waals surface area contributed by atoms with Crippen molar-refractivity contribution in [2.24, 2.45) is 28.6 Å². The minimum Gasteiger partial charge on any atom is -0.479 e. The number of aliphatic hydroxyl groups is 3. The molecule has 5 rings (SSSR count). The van der Waals surface area contributed by atoms with Crippen molar-refractivity contribution in [2.75, 3.05) is 0 Å². The molecule has 0 radical (unpaired) electrons. The van der Waals surface area contributed by atoms with Crippen LogP contribution in [0.1, 0.15) is 58.8 Å². The van der Waals surface area contributed by atoms with Crippen LogP contribution in [0.2, 0.25) is 0 Å². The molecule has 0 bridgehead atoms. The molecule has 8 heteroatoms. The lowest BCUT2D eigenvalue weighted by molar-refractivity contribution is -0.285. The molecule has 33 heavy (non-hydrogen) atoms. The minimum atomic E-state index is -1.74. The Bertz CT molecular complexity index is 910. The molecule has 5 aliphatic rings. The molecular weight excluding hydrogens is 428 g/mol. The van der Waals surface area contributed by atoms with Gasteiger partial charge in [0.2, 0.25) is 6.29 Å². The highest BCUT2D eigenvalue weighted by atomic mass is 16.7. The van der Waals surface area contributed by atoms with Crippen molar-refractivity contribution in [1.82, 2.24) is 0 Å². The number of Topliss-reactive ketones (excluding diaryl/α,β-unsaturated/α-hetero) is 1. The number of hydrogen-bond acceptors (Lipinski definition) is 7. The van der Waals surface area contributed by atoms with E-state index in [9.17, 15) is 30.0 Å². The maximum Gasteiger partial charge on any atom is 0.335 e. The van der Waals surface area contributed by atoms with Gasteiger partial charge in [0.25, 0.3) is 0 Å². The third-order valence-corrected chi connectivity index (χ3v) is 9.52.